The summed E-state index contributed by atoms with van der Waals surface area (Å²) in [5.41, 5.74) is 3.78. The van der Waals surface area contributed by atoms with Gasteiger partial charge in [-0.1, -0.05) is 54.1 Å². The van der Waals surface area contributed by atoms with Gasteiger partial charge in [-0.2, -0.15) is 5.10 Å². The molecule has 2 N–H and O–H groups in total. The second-order valence-electron chi connectivity index (χ2n) is 9.31. The number of fused-ring (bicyclic) bond motifs is 1. The van der Waals surface area contributed by atoms with Crippen molar-refractivity contribution in [2.24, 2.45) is 0 Å². The van der Waals surface area contributed by atoms with Crippen LogP contribution in [0.1, 0.15) is 50.2 Å². The molecular weight excluding hydrogens is 442 g/mol. The molecule has 0 saturated carbocycles. The maximum absolute atomic E-state index is 13.1. The van der Waals surface area contributed by atoms with E-state index in [0.29, 0.717) is 25.2 Å². The molecule has 4 rings (SSSR count). The van der Waals surface area contributed by atoms with Crippen LogP contribution in [0.15, 0.2) is 54.6 Å². The maximum Gasteiger partial charge on any atom is 0.272 e. The van der Waals surface area contributed by atoms with Crippen LogP contribution in [0.25, 0.3) is 0 Å². The molecule has 1 aromatic heterocycles. The molecule has 0 fully saturated rings. The van der Waals surface area contributed by atoms with Crippen molar-refractivity contribution in [3.05, 3.63) is 88.2 Å². The molecule has 0 aliphatic carbocycles. The maximum atomic E-state index is 13.1. The molecule has 0 bridgehead atoms. The molecule has 2 aromatic carbocycles. The first-order valence-electron chi connectivity index (χ1n) is 11.7. The Balaban J connectivity index is 1.42. The largest absolute Gasteiger partial charge is 0.350 e. The summed E-state index contributed by atoms with van der Waals surface area (Å²) >= 11 is 0. The van der Waals surface area contributed by atoms with Crippen molar-refractivity contribution in [3.8, 4) is 0 Å². The molecule has 3 amide bonds. The van der Waals surface area contributed by atoms with Crippen LogP contribution in [0.3, 0.4) is 0 Å². The fourth-order valence-corrected chi connectivity index (χ4v) is 4.21. The fraction of sp³-hybridized carbons (Fsp3) is 0.333. The molecule has 0 unspecified atom stereocenters. The number of amides is 3. The van der Waals surface area contributed by atoms with E-state index in [4.69, 9.17) is 0 Å². The number of aryl methyl sites for hydroxylation is 2. The van der Waals surface area contributed by atoms with Crippen molar-refractivity contribution in [2.45, 2.75) is 45.8 Å². The van der Waals surface area contributed by atoms with E-state index in [1.54, 1.807) is 14.0 Å². The summed E-state index contributed by atoms with van der Waals surface area (Å²) in [7, 11) is 1.60. The van der Waals surface area contributed by atoms with Gasteiger partial charge in [0.1, 0.15) is 11.2 Å². The Bertz CT molecular complexity index is 1260. The van der Waals surface area contributed by atoms with Crippen LogP contribution in [0, 0.1) is 13.8 Å². The molecule has 0 spiro atoms. The molecule has 35 heavy (non-hydrogen) atoms. The van der Waals surface area contributed by atoms with Crippen LogP contribution >= 0.6 is 0 Å². The van der Waals surface area contributed by atoms with Gasteiger partial charge in [-0.15, -0.1) is 0 Å². The fourth-order valence-electron chi connectivity index (χ4n) is 4.21. The second-order valence-corrected chi connectivity index (χ2v) is 9.31. The highest BCUT2D eigenvalue weighted by molar-refractivity contribution is 6.01. The zero-order valence-corrected chi connectivity index (χ0v) is 20.6. The van der Waals surface area contributed by atoms with Crippen molar-refractivity contribution in [2.75, 3.05) is 13.6 Å². The van der Waals surface area contributed by atoms with Crippen molar-refractivity contribution in [1.82, 2.24) is 25.3 Å². The predicted octanol–water partition coefficient (Wildman–Crippen LogP) is 2.63. The van der Waals surface area contributed by atoms with Gasteiger partial charge in [0, 0.05) is 26.2 Å². The molecule has 0 saturated heterocycles. The molecule has 8 nitrogen and oxygen atoms in total. The molecule has 182 valence electrons. The Kier molecular flexibility index (Phi) is 6.73. The first-order chi connectivity index (χ1) is 16.7. The number of nitrogens with zero attached hydrogens (tertiary/aromatic N) is 3. The van der Waals surface area contributed by atoms with Crippen molar-refractivity contribution < 1.29 is 14.4 Å². The number of likely N-dealkylation sites (N-methyl/N-ethyl adjacent to an activating group) is 1. The third kappa shape index (κ3) is 4.96. The first kappa shape index (κ1) is 24.2. The second kappa shape index (κ2) is 9.74. The van der Waals surface area contributed by atoms with Gasteiger partial charge < -0.3 is 15.5 Å². The number of nitrogens with one attached hydrogen (secondary N) is 2. The number of hydrogen-bond acceptors (Lipinski definition) is 4. The summed E-state index contributed by atoms with van der Waals surface area (Å²) in [6.45, 7) is 6.72. The van der Waals surface area contributed by atoms with Crippen LogP contribution < -0.4 is 10.6 Å². The zero-order chi connectivity index (χ0) is 25.2. The number of aromatic nitrogens is 2. The van der Waals surface area contributed by atoms with E-state index in [1.807, 2.05) is 62.4 Å². The quantitative estimate of drug-likeness (QED) is 0.551. The average Bonchev–Trinajstić information content (AvgIpc) is 3.27. The van der Waals surface area contributed by atoms with Crippen molar-refractivity contribution in [3.63, 3.8) is 0 Å². The lowest BCUT2D eigenvalue weighted by Gasteiger charge is -2.40. The first-order valence-corrected chi connectivity index (χ1v) is 11.7. The van der Waals surface area contributed by atoms with Crippen molar-refractivity contribution in [1.29, 1.82) is 0 Å². The number of carbonyl (C=O) groups excluding carboxylic acids is 3. The number of rotatable bonds is 7. The van der Waals surface area contributed by atoms with Gasteiger partial charge in [0.2, 0.25) is 5.91 Å². The molecule has 1 atom stereocenters. The molecular formula is C27H31N5O3. The SMILES string of the molecule is Cc1ccc(CNC(=O)[C@@]2(C)Cn3nc(C(=O)NCCc4ccccc4C)cc3C(=O)N2C)cc1. The van der Waals surface area contributed by atoms with E-state index in [0.717, 1.165) is 11.1 Å². The van der Waals surface area contributed by atoms with Crippen LogP contribution in [0.2, 0.25) is 0 Å². The Morgan fingerprint density at radius 3 is 2.49 bits per heavy atom. The number of carbonyl (C=O) groups is 3. The highest BCUT2D eigenvalue weighted by Gasteiger charge is 2.46. The van der Waals surface area contributed by atoms with Crippen LogP contribution in [-0.4, -0.2) is 51.5 Å². The Morgan fingerprint density at radius 2 is 1.77 bits per heavy atom. The lowest BCUT2D eigenvalue weighted by Crippen LogP contribution is -2.62. The molecule has 1 aliphatic heterocycles. The third-order valence-electron chi connectivity index (χ3n) is 6.74. The lowest BCUT2D eigenvalue weighted by molar-refractivity contribution is -0.132. The summed E-state index contributed by atoms with van der Waals surface area (Å²) in [4.78, 5) is 40.4. The van der Waals surface area contributed by atoms with Crippen molar-refractivity contribution >= 4 is 17.7 Å². The van der Waals surface area contributed by atoms with E-state index >= 15 is 0 Å². The Labute approximate surface area is 205 Å². The molecule has 0 radical (unpaired) electrons. The van der Waals surface area contributed by atoms with Crippen LogP contribution in [-0.2, 0) is 24.3 Å². The highest BCUT2D eigenvalue weighted by atomic mass is 16.2. The topological polar surface area (TPSA) is 96.3 Å². The van der Waals surface area contributed by atoms with Crippen LogP contribution in [0.5, 0.6) is 0 Å². The van der Waals surface area contributed by atoms with E-state index in [2.05, 4.69) is 15.7 Å². The van der Waals surface area contributed by atoms with Crippen LogP contribution in [0.4, 0.5) is 0 Å². The zero-order valence-electron chi connectivity index (χ0n) is 20.6. The van der Waals surface area contributed by atoms with Gasteiger partial charge in [-0.05, 0) is 43.9 Å². The van der Waals surface area contributed by atoms with Gasteiger partial charge in [0.25, 0.3) is 11.8 Å². The van der Waals surface area contributed by atoms with E-state index in [9.17, 15) is 14.4 Å². The Hall–Kier alpha value is -3.94. The van der Waals surface area contributed by atoms with Gasteiger partial charge in [-0.3, -0.25) is 19.1 Å². The van der Waals surface area contributed by atoms with Gasteiger partial charge in [-0.25, -0.2) is 0 Å². The van der Waals surface area contributed by atoms with E-state index in [1.165, 1.54) is 26.8 Å². The molecule has 1 aliphatic rings. The monoisotopic (exact) mass is 473 g/mol. The van der Waals surface area contributed by atoms with E-state index < -0.39 is 5.54 Å². The normalized spacial score (nSPS) is 17.1. The van der Waals surface area contributed by atoms with E-state index in [-0.39, 0.29) is 30.0 Å². The third-order valence-corrected chi connectivity index (χ3v) is 6.74. The standard InChI is InChI=1S/C27H31N5O3/c1-18-9-11-20(12-10-18)16-29-26(35)27(3)17-32-23(25(34)31(27)4)15-22(30-32)24(33)28-14-13-21-8-6-5-7-19(21)2/h5-12,15H,13-14,16-17H2,1-4H3,(H,28,33)(H,29,35)/t27-/m1/s1. The Morgan fingerprint density at radius 1 is 1.06 bits per heavy atom. The molecule has 8 heteroatoms. The van der Waals surface area contributed by atoms with Gasteiger partial charge >= 0.3 is 0 Å². The smallest absolute Gasteiger partial charge is 0.272 e. The molecule has 2 heterocycles. The summed E-state index contributed by atoms with van der Waals surface area (Å²) in [6.07, 6.45) is 0.701. The summed E-state index contributed by atoms with van der Waals surface area (Å²) in [6, 6.07) is 17.4. The summed E-state index contributed by atoms with van der Waals surface area (Å²) < 4.78 is 1.46. The summed E-state index contributed by atoms with van der Waals surface area (Å²) in [5, 5.41) is 10.2. The minimum absolute atomic E-state index is 0.154. The molecule has 3 aromatic rings. The summed E-state index contributed by atoms with van der Waals surface area (Å²) in [5.74, 6) is -0.975. The average molecular weight is 474 g/mol. The minimum Gasteiger partial charge on any atom is -0.350 e. The van der Waals surface area contributed by atoms with Gasteiger partial charge in [0.05, 0.1) is 6.54 Å². The number of hydrogen-bond donors (Lipinski definition) is 2. The number of benzene rings is 2. The minimum atomic E-state index is -1.14. The highest BCUT2D eigenvalue weighted by Crippen LogP contribution is 2.26. The van der Waals surface area contributed by atoms with Gasteiger partial charge in [0.15, 0.2) is 5.69 Å². The lowest BCUT2D eigenvalue weighted by atomic mass is 9.95. The predicted molar refractivity (Wildman–Crippen MR) is 133 cm³/mol.